The van der Waals surface area contributed by atoms with Gasteiger partial charge < -0.3 is 9.80 Å². The summed E-state index contributed by atoms with van der Waals surface area (Å²) in [5.74, 6) is 0. The molecule has 0 amide bonds. The van der Waals surface area contributed by atoms with E-state index in [-0.39, 0.29) is 0 Å². The first-order valence-electron chi connectivity index (χ1n) is 5.19. The van der Waals surface area contributed by atoms with Crippen LogP contribution in [-0.2, 0) is 0 Å². The van der Waals surface area contributed by atoms with Crippen molar-refractivity contribution in [1.29, 1.82) is 0 Å². The minimum Gasteiger partial charge on any atom is -0.305 e. The summed E-state index contributed by atoms with van der Waals surface area (Å²) in [7, 11) is 4.37. The number of alkyl halides is 1. The molecule has 1 aliphatic rings. The molecule has 0 N–H and O–H groups in total. The number of hydrogen-bond acceptors (Lipinski definition) is 2. The maximum absolute atomic E-state index is 3.47. The Labute approximate surface area is 90.4 Å². The number of hydrogen-bond donors (Lipinski definition) is 0. The third-order valence-corrected chi connectivity index (χ3v) is 3.40. The molecule has 0 aliphatic carbocycles. The van der Waals surface area contributed by atoms with Crippen LogP contribution in [0.3, 0.4) is 0 Å². The van der Waals surface area contributed by atoms with Crippen LogP contribution in [0.1, 0.15) is 19.3 Å². The van der Waals surface area contributed by atoms with Crippen LogP contribution in [0.2, 0.25) is 0 Å². The minimum absolute atomic E-state index is 0.795. The van der Waals surface area contributed by atoms with E-state index < -0.39 is 0 Å². The summed E-state index contributed by atoms with van der Waals surface area (Å²) < 4.78 is 0. The van der Waals surface area contributed by atoms with E-state index >= 15 is 0 Å². The van der Waals surface area contributed by atoms with Crippen molar-refractivity contribution in [3.05, 3.63) is 0 Å². The van der Waals surface area contributed by atoms with Gasteiger partial charge in [0.05, 0.1) is 0 Å². The van der Waals surface area contributed by atoms with Gasteiger partial charge in [-0.15, -0.1) is 0 Å². The molecule has 3 heteroatoms. The lowest BCUT2D eigenvalue weighted by Gasteiger charge is -2.20. The number of halogens is 1. The van der Waals surface area contributed by atoms with Crippen molar-refractivity contribution in [2.24, 2.45) is 0 Å². The molecule has 0 aromatic carbocycles. The largest absolute Gasteiger partial charge is 0.305 e. The van der Waals surface area contributed by atoms with E-state index in [4.69, 9.17) is 0 Å². The molecule has 1 saturated heterocycles. The quantitative estimate of drug-likeness (QED) is 0.541. The minimum atomic E-state index is 0.795. The topological polar surface area (TPSA) is 6.48 Å². The van der Waals surface area contributed by atoms with Crippen molar-refractivity contribution < 1.29 is 0 Å². The van der Waals surface area contributed by atoms with Gasteiger partial charge in [0, 0.05) is 17.9 Å². The average Bonchev–Trinajstić information content (AvgIpc) is 2.53. The Morgan fingerprint density at radius 3 is 2.69 bits per heavy atom. The highest BCUT2D eigenvalue weighted by Crippen LogP contribution is 2.13. The van der Waals surface area contributed by atoms with Crippen LogP contribution < -0.4 is 0 Å². The summed E-state index contributed by atoms with van der Waals surface area (Å²) in [6, 6.07) is 0.795. The highest BCUT2D eigenvalue weighted by Gasteiger charge is 2.22. The zero-order valence-electron chi connectivity index (χ0n) is 8.80. The van der Waals surface area contributed by atoms with Crippen LogP contribution in [0.15, 0.2) is 0 Å². The first kappa shape index (κ1) is 11.5. The Morgan fingerprint density at radius 2 is 2.15 bits per heavy atom. The Bertz CT molecular complexity index is 139. The molecule has 1 rings (SSSR count). The lowest BCUT2D eigenvalue weighted by Crippen LogP contribution is -2.31. The summed E-state index contributed by atoms with van der Waals surface area (Å²) in [6.07, 6.45) is 4.00. The fourth-order valence-electron chi connectivity index (χ4n) is 1.87. The van der Waals surface area contributed by atoms with E-state index in [9.17, 15) is 0 Å². The Morgan fingerprint density at radius 1 is 1.38 bits per heavy atom. The predicted molar refractivity (Wildman–Crippen MR) is 61.6 cm³/mol. The molecule has 0 aromatic rings. The second-order valence-electron chi connectivity index (χ2n) is 4.10. The monoisotopic (exact) mass is 248 g/mol. The molecule has 1 atom stereocenters. The van der Waals surface area contributed by atoms with Gasteiger partial charge in [0.15, 0.2) is 0 Å². The SMILES string of the molecule is CN(C)C1CCN(CCCCBr)C1. The molecule has 0 saturated carbocycles. The van der Waals surface area contributed by atoms with Gasteiger partial charge in [0.1, 0.15) is 0 Å². The fraction of sp³-hybridized carbons (Fsp3) is 1.00. The summed E-state index contributed by atoms with van der Waals surface area (Å²) in [5.41, 5.74) is 0. The van der Waals surface area contributed by atoms with E-state index in [1.807, 2.05) is 0 Å². The van der Waals surface area contributed by atoms with Gasteiger partial charge in [0.2, 0.25) is 0 Å². The zero-order valence-corrected chi connectivity index (χ0v) is 10.4. The molecule has 0 bridgehead atoms. The molecule has 1 aliphatic heterocycles. The number of nitrogens with zero attached hydrogens (tertiary/aromatic N) is 2. The molecule has 1 unspecified atom stereocenters. The second kappa shape index (κ2) is 5.99. The van der Waals surface area contributed by atoms with Crippen molar-refractivity contribution >= 4 is 15.9 Å². The third kappa shape index (κ3) is 3.96. The second-order valence-corrected chi connectivity index (χ2v) is 4.90. The number of likely N-dealkylation sites (N-methyl/N-ethyl adjacent to an activating group) is 1. The predicted octanol–water partition coefficient (Wildman–Crippen LogP) is 1.80. The third-order valence-electron chi connectivity index (χ3n) is 2.84. The van der Waals surface area contributed by atoms with Gasteiger partial charge in [-0.2, -0.15) is 0 Å². The van der Waals surface area contributed by atoms with Gasteiger partial charge in [-0.3, -0.25) is 0 Å². The van der Waals surface area contributed by atoms with Crippen LogP contribution in [0.5, 0.6) is 0 Å². The summed E-state index contributed by atoms with van der Waals surface area (Å²) in [5, 5.41) is 1.15. The molecular weight excluding hydrogens is 228 g/mol. The lowest BCUT2D eigenvalue weighted by atomic mass is 10.2. The molecular formula is C10H21BrN2. The molecule has 0 spiro atoms. The fourth-order valence-corrected chi connectivity index (χ4v) is 2.26. The Kier molecular flexibility index (Phi) is 5.29. The van der Waals surface area contributed by atoms with Gasteiger partial charge in [-0.1, -0.05) is 15.9 Å². The van der Waals surface area contributed by atoms with Gasteiger partial charge in [-0.25, -0.2) is 0 Å². The molecule has 0 radical (unpaired) electrons. The highest BCUT2D eigenvalue weighted by molar-refractivity contribution is 9.09. The molecule has 0 aromatic heterocycles. The van der Waals surface area contributed by atoms with Gasteiger partial charge >= 0.3 is 0 Å². The molecule has 1 heterocycles. The normalized spacial score (nSPS) is 24.5. The maximum atomic E-state index is 3.47. The van der Waals surface area contributed by atoms with Gasteiger partial charge in [-0.05, 0) is 46.4 Å². The standard InChI is InChI=1S/C10H21BrN2/c1-12(2)10-5-8-13(9-10)7-4-3-6-11/h10H,3-9H2,1-2H3. The van der Waals surface area contributed by atoms with Crippen molar-refractivity contribution in [2.45, 2.75) is 25.3 Å². The lowest BCUT2D eigenvalue weighted by molar-refractivity contribution is 0.267. The van der Waals surface area contributed by atoms with Crippen molar-refractivity contribution in [3.63, 3.8) is 0 Å². The molecule has 13 heavy (non-hydrogen) atoms. The Hall–Kier alpha value is 0.400. The smallest absolute Gasteiger partial charge is 0.0229 e. The van der Waals surface area contributed by atoms with Crippen LogP contribution >= 0.6 is 15.9 Å². The van der Waals surface area contributed by atoms with E-state index in [0.717, 1.165) is 11.4 Å². The van der Waals surface area contributed by atoms with E-state index in [2.05, 4.69) is 39.8 Å². The van der Waals surface area contributed by atoms with E-state index in [1.165, 1.54) is 38.9 Å². The van der Waals surface area contributed by atoms with Crippen LogP contribution in [-0.4, -0.2) is 54.9 Å². The average molecular weight is 249 g/mol. The number of unbranched alkanes of at least 4 members (excludes halogenated alkanes) is 1. The van der Waals surface area contributed by atoms with Crippen molar-refractivity contribution in [1.82, 2.24) is 9.80 Å². The summed E-state index contributed by atoms with van der Waals surface area (Å²) in [4.78, 5) is 4.94. The van der Waals surface area contributed by atoms with E-state index in [0.29, 0.717) is 0 Å². The molecule has 78 valence electrons. The summed E-state index contributed by atoms with van der Waals surface area (Å²) in [6.45, 7) is 3.86. The number of likely N-dealkylation sites (tertiary alicyclic amines) is 1. The highest BCUT2D eigenvalue weighted by atomic mass is 79.9. The first-order valence-corrected chi connectivity index (χ1v) is 6.31. The number of rotatable bonds is 5. The first-order chi connectivity index (χ1) is 6.24. The van der Waals surface area contributed by atoms with Crippen LogP contribution in [0, 0.1) is 0 Å². The van der Waals surface area contributed by atoms with Crippen LogP contribution in [0.4, 0.5) is 0 Å². The molecule has 2 nitrogen and oxygen atoms in total. The van der Waals surface area contributed by atoms with Gasteiger partial charge in [0.25, 0.3) is 0 Å². The van der Waals surface area contributed by atoms with Crippen molar-refractivity contribution in [2.75, 3.05) is 39.1 Å². The van der Waals surface area contributed by atoms with E-state index in [1.54, 1.807) is 0 Å². The van der Waals surface area contributed by atoms with Crippen molar-refractivity contribution in [3.8, 4) is 0 Å². The maximum Gasteiger partial charge on any atom is 0.0229 e. The molecule has 1 fully saturated rings. The summed E-state index contributed by atoms with van der Waals surface area (Å²) >= 11 is 3.47. The zero-order chi connectivity index (χ0) is 9.68. The Balaban J connectivity index is 2.10. The van der Waals surface area contributed by atoms with Crippen LogP contribution in [0.25, 0.3) is 0 Å².